The molecule has 1 unspecified atom stereocenters. The van der Waals surface area contributed by atoms with E-state index in [-0.39, 0.29) is 5.56 Å². The highest BCUT2D eigenvalue weighted by molar-refractivity contribution is 6.04. The largest absolute Gasteiger partial charge is 0.450 e. The minimum absolute atomic E-state index is 0.200. The molecule has 1 aliphatic rings. The second kappa shape index (κ2) is 4.58. The maximum absolute atomic E-state index is 12.9. The summed E-state index contributed by atoms with van der Waals surface area (Å²) >= 11 is 0. The minimum atomic E-state index is -2.08. The molecule has 0 saturated heterocycles. The molecule has 20 heavy (non-hydrogen) atoms. The highest BCUT2D eigenvalue weighted by Crippen LogP contribution is 2.36. The third kappa shape index (κ3) is 2.00. The van der Waals surface area contributed by atoms with Crippen molar-refractivity contribution in [2.24, 2.45) is 0 Å². The van der Waals surface area contributed by atoms with Crippen molar-refractivity contribution < 1.29 is 19.0 Å². The molecular weight excluding hydrogens is 259 g/mol. The van der Waals surface area contributed by atoms with E-state index in [2.05, 4.69) is 0 Å². The van der Waals surface area contributed by atoms with Crippen LogP contribution in [0.5, 0.6) is 0 Å². The number of benzene rings is 2. The van der Waals surface area contributed by atoms with E-state index in [0.717, 1.165) is 0 Å². The molecule has 100 valence electrons. The number of hydrogen-bond donors (Lipinski definition) is 1. The standard InChI is InChI=1S/C16H11FO3/c17-13-8-6-12(7-9-13)16(19)15(18)10-14(20-16)11-4-2-1-3-5-11/h1-10,19H. The summed E-state index contributed by atoms with van der Waals surface area (Å²) in [4.78, 5) is 12.0. The summed E-state index contributed by atoms with van der Waals surface area (Å²) in [6, 6.07) is 14.0. The normalized spacial score (nSPS) is 21.5. The lowest BCUT2D eigenvalue weighted by molar-refractivity contribution is -0.173. The Morgan fingerprint density at radius 1 is 1.00 bits per heavy atom. The van der Waals surface area contributed by atoms with Crippen molar-refractivity contribution in [1.29, 1.82) is 0 Å². The summed E-state index contributed by atoms with van der Waals surface area (Å²) < 4.78 is 18.3. The van der Waals surface area contributed by atoms with Gasteiger partial charge in [0.25, 0.3) is 5.79 Å². The van der Waals surface area contributed by atoms with Crippen LogP contribution in [0.1, 0.15) is 11.1 Å². The number of ether oxygens (including phenoxy) is 1. The lowest BCUT2D eigenvalue weighted by Gasteiger charge is -2.22. The Morgan fingerprint density at radius 3 is 2.30 bits per heavy atom. The van der Waals surface area contributed by atoms with E-state index >= 15 is 0 Å². The van der Waals surface area contributed by atoms with Crippen molar-refractivity contribution in [3.8, 4) is 0 Å². The lowest BCUT2D eigenvalue weighted by atomic mass is 10.0. The summed E-state index contributed by atoms with van der Waals surface area (Å²) in [7, 11) is 0. The molecule has 0 fully saturated rings. The first-order chi connectivity index (χ1) is 9.59. The first-order valence-electron chi connectivity index (χ1n) is 6.08. The highest BCUT2D eigenvalue weighted by Gasteiger charge is 2.45. The van der Waals surface area contributed by atoms with E-state index < -0.39 is 17.4 Å². The van der Waals surface area contributed by atoms with Gasteiger partial charge in [-0.15, -0.1) is 0 Å². The fourth-order valence-electron chi connectivity index (χ4n) is 2.08. The lowest BCUT2D eigenvalue weighted by Crippen LogP contribution is -2.33. The zero-order chi connectivity index (χ0) is 14.2. The Hall–Kier alpha value is -2.46. The van der Waals surface area contributed by atoms with Gasteiger partial charge >= 0.3 is 0 Å². The summed E-state index contributed by atoms with van der Waals surface area (Å²) in [6.07, 6.45) is 1.25. The highest BCUT2D eigenvalue weighted by atomic mass is 19.1. The fourth-order valence-corrected chi connectivity index (χ4v) is 2.08. The number of halogens is 1. The molecule has 0 aromatic heterocycles. The molecule has 1 aliphatic heterocycles. The molecule has 1 N–H and O–H groups in total. The molecular formula is C16H11FO3. The molecule has 0 bridgehead atoms. The van der Waals surface area contributed by atoms with Gasteiger partial charge in [-0.2, -0.15) is 0 Å². The number of rotatable bonds is 2. The van der Waals surface area contributed by atoms with E-state index in [0.29, 0.717) is 11.3 Å². The molecule has 3 rings (SSSR count). The van der Waals surface area contributed by atoms with Crippen LogP contribution < -0.4 is 0 Å². The molecule has 2 aromatic rings. The van der Waals surface area contributed by atoms with Gasteiger partial charge in [0.1, 0.15) is 11.6 Å². The molecule has 0 spiro atoms. The van der Waals surface area contributed by atoms with E-state index in [4.69, 9.17) is 4.74 Å². The van der Waals surface area contributed by atoms with Crippen LogP contribution in [0.2, 0.25) is 0 Å². The summed E-state index contributed by atoms with van der Waals surface area (Å²) in [5.74, 6) is -2.82. The maximum Gasteiger partial charge on any atom is 0.299 e. The average Bonchev–Trinajstić information content (AvgIpc) is 2.78. The minimum Gasteiger partial charge on any atom is -0.450 e. The van der Waals surface area contributed by atoms with Gasteiger partial charge in [0, 0.05) is 17.2 Å². The van der Waals surface area contributed by atoms with Gasteiger partial charge < -0.3 is 9.84 Å². The van der Waals surface area contributed by atoms with Crippen LogP contribution in [-0.4, -0.2) is 10.9 Å². The molecule has 2 aromatic carbocycles. The van der Waals surface area contributed by atoms with Gasteiger partial charge in [0.15, 0.2) is 0 Å². The number of ketones is 1. The summed E-state index contributed by atoms with van der Waals surface area (Å²) in [6.45, 7) is 0. The molecule has 0 aliphatic carbocycles. The van der Waals surface area contributed by atoms with E-state index in [1.807, 2.05) is 6.07 Å². The van der Waals surface area contributed by atoms with Gasteiger partial charge in [-0.25, -0.2) is 4.39 Å². The average molecular weight is 270 g/mol. The topological polar surface area (TPSA) is 46.5 Å². The predicted octanol–water partition coefficient (Wildman–Crippen LogP) is 2.61. The smallest absolute Gasteiger partial charge is 0.299 e. The van der Waals surface area contributed by atoms with Crippen molar-refractivity contribution in [2.45, 2.75) is 5.79 Å². The summed E-state index contributed by atoms with van der Waals surface area (Å²) in [5, 5.41) is 10.4. The Bertz CT molecular complexity index is 677. The zero-order valence-corrected chi connectivity index (χ0v) is 10.4. The van der Waals surface area contributed by atoms with Crippen LogP contribution in [0.25, 0.3) is 5.76 Å². The Morgan fingerprint density at radius 2 is 1.65 bits per heavy atom. The number of hydrogen-bond acceptors (Lipinski definition) is 3. The SMILES string of the molecule is O=C1C=C(c2ccccc2)OC1(O)c1ccc(F)cc1. The van der Waals surface area contributed by atoms with Crippen LogP contribution in [0.4, 0.5) is 4.39 Å². The maximum atomic E-state index is 12.9. The van der Waals surface area contributed by atoms with Gasteiger partial charge in [0.05, 0.1) is 0 Å². The van der Waals surface area contributed by atoms with Crippen molar-refractivity contribution in [3.05, 3.63) is 77.6 Å². The zero-order valence-electron chi connectivity index (χ0n) is 10.4. The predicted molar refractivity (Wildman–Crippen MR) is 70.8 cm³/mol. The van der Waals surface area contributed by atoms with Gasteiger partial charge in [-0.1, -0.05) is 30.3 Å². The summed E-state index contributed by atoms with van der Waals surface area (Å²) in [5.41, 5.74) is 0.893. The van der Waals surface area contributed by atoms with Crippen LogP contribution in [0, 0.1) is 5.82 Å². The van der Waals surface area contributed by atoms with E-state index in [1.54, 1.807) is 24.3 Å². The van der Waals surface area contributed by atoms with Crippen LogP contribution in [0.3, 0.4) is 0 Å². The molecule has 4 heteroatoms. The van der Waals surface area contributed by atoms with E-state index in [9.17, 15) is 14.3 Å². The first kappa shape index (κ1) is 12.6. The number of carbonyl (C=O) groups is 1. The van der Waals surface area contributed by atoms with E-state index in [1.165, 1.54) is 30.3 Å². The Kier molecular flexibility index (Phi) is 2.88. The van der Waals surface area contributed by atoms with Gasteiger partial charge in [0.2, 0.25) is 5.78 Å². The molecule has 0 radical (unpaired) electrons. The van der Waals surface area contributed by atoms with Crippen LogP contribution >= 0.6 is 0 Å². The third-order valence-electron chi connectivity index (χ3n) is 3.15. The second-order valence-corrected chi connectivity index (χ2v) is 4.49. The Balaban J connectivity index is 1.95. The van der Waals surface area contributed by atoms with Crippen molar-refractivity contribution in [2.75, 3.05) is 0 Å². The monoisotopic (exact) mass is 270 g/mol. The van der Waals surface area contributed by atoms with Crippen molar-refractivity contribution in [3.63, 3.8) is 0 Å². The van der Waals surface area contributed by atoms with Crippen molar-refractivity contribution >= 4 is 11.5 Å². The number of carbonyl (C=O) groups excluding carboxylic acids is 1. The Labute approximate surface area is 114 Å². The van der Waals surface area contributed by atoms with Gasteiger partial charge in [-0.3, -0.25) is 4.79 Å². The van der Waals surface area contributed by atoms with Crippen LogP contribution in [-0.2, 0) is 15.3 Å². The molecule has 0 saturated carbocycles. The number of aliphatic hydroxyl groups is 1. The molecule has 1 atom stereocenters. The second-order valence-electron chi connectivity index (χ2n) is 4.49. The molecule has 3 nitrogen and oxygen atoms in total. The molecule has 1 heterocycles. The van der Waals surface area contributed by atoms with Crippen LogP contribution in [0.15, 0.2) is 60.7 Å². The first-order valence-corrected chi connectivity index (χ1v) is 6.08. The third-order valence-corrected chi connectivity index (χ3v) is 3.15. The quantitative estimate of drug-likeness (QED) is 0.912. The molecule has 0 amide bonds. The van der Waals surface area contributed by atoms with Crippen molar-refractivity contribution in [1.82, 2.24) is 0 Å². The van der Waals surface area contributed by atoms with Gasteiger partial charge in [-0.05, 0) is 24.3 Å². The fraction of sp³-hybridized carbons (Fsp3) is 0.0625.